The molecule has 0 saturated heterocycles. The third-order valence-electron chi connectivity index (χ3n) is 2.47. The van der Waals surface area contributed by atoms with Gasteiger partial charge in [-0.2, -0.15) is 18.3 Å². The van der Waals surface area contributed by atoms with Gasteiger partial charge in [0.25, 0.3) is 0 Å². The lowest BCUT2D eigenvalue weighted by molar-refractivity contribution is -0.143. The van der Waals surface area contributed by atoms with Crippen LogP contribution < -0.4 is 0 Å². The number of hydrogen-bond acceptors (Lipinski definition) is 2. The Morgan fingerprint density at radius 3 is 2.53 bits per heavy atom. The van der Waals surface area contributed by atoms with Crippen LogP contribution in [0.15, 0.2) is 24.4 Å². The summed E-state index contributed by atoms with van der Waals surface area (Å²) in [4.78, 5) is 3.94. The van der Waals surface area contributed by atoms with Gasteiger partial charge in [-0.1, -0.05) is 12.0 Å². The predicted molar refractivity (Wildman–Crippen MR) is 63.2 cm³/mol. The van der Waals surface area contributed by atoms with Crippen LogP contribution in [0.4, 0.5) is 13.2 Å². The third-order valence-corrected chi connectivity index (χ3v) is 2.47. The summed E-state index contributed by atoms with van der Waals surface area (Å²) in [5.41, 5.74) is -0.286. The highest BCUT2D eigenvalue weighted by Gasteiger charge is 2.38. The Balaban J connectivity index is 2.50. The Morgan fingerprint density at radius 2 is 1.95 bits per heavy atom. The predicted octanol–water partition coefficient (Wildman–Crippen LogP) is 2.54. The summed E-state index contributed by atoms with van der Waals surface area (Å²) in [7, 11) is 1.25. The quantitative estimate of drug-likeness (QED) is 0.685. The second kappa shape index (κ2) is 4.76. The standard InChI is InChI=1S/C13H10F3N3/c1-9-11(7-6-10-5-3-4-8-17-10)12(13(14,15)16)19(2)18-9/h3-5,8H,1-2H3. The Kier molecular flexibility index (Phi) is 3.30. The van der Waals surface area contributed by atoms with E-state index in [4.69, 9.17) is 0 Å². The summed E-state index contributed by atoms with van der Waals surface area (Å²) < 4.78 is 39.5. The van der Waals surface area contributed by atoms with Gasteiger partial charge >= 0.3 is 6.18 Å². The van der Waals surface area contributed by atoms with Crippen molar-refractivity contribution < 1.29 is 13.2 Å². The van der Waals surface area contributed by atoms with Crippen molar-refractivity contribution in [1.29, 1.82) is 0 Å². The molecular weight excluding hydrogens is 255 g/mol. The van der Waals surface area contributed by atoms with Crippen LogP contribution in [-0.2, 0) is 13.2 Å². The Labute approximate surface area is 108 Å². The zero-order valence-electron chi connectivity index (χ0n) is 10.3. The van der Waals surface area contributed by atoms with Crippen LogP contribution in [0.3, 0.4) is 0 Å². The van der Waals surface area contributed by atoms with Crippen molar-refractivity contribution in [3.05, 3.63) is 47.0 Å². The average Bonchev–Trinajstić information content (AvgIpc) is 2.62. The minimum atomic E-state index is -4.48. The molecule has 19 heavy (non-hydrogen) atoms. The van der Waals surface area contributed by atoms with Crippen molar-refractivity contribution in [3.63, 3.8) is 0 Å². The number of rotatable bonds is 0. The molecule has 2 rings (SSSR count). The van der Waals surface area contributed by atoms with E-state index >= 15 is 0 Å². The largest absolute Gasteiger partial charge is 0.434 e. The molecule has 0 aliphatic rings. The molecule has 0 atom stereocenters. The van der Waals surface area contributed by atoms with E-state index in [0.717, 1.165) is 4.68 Å². The van der Waals surface area contributed by atoms with Crippen LogP contribution in [0.1, 0.15) is 22.6 Å². The molecule has 2 aromatic rings. The summed E-state index contributed by atoms with van der Waals surface area (Å²) in [6.07, 6.45) is -2.95. The molecule has 0 unspecified atom stereocenters. The molecule has 0 saturated carbocycles. The molecule has 0 bridgehead atoms. The number of aryl methyl sites for hydroxylation is 2. The second-order valence-corrected chi connectivity index (χ2v) is 3.90. The lowest BCUT2D eigenvalue weighted by atomic mass is 10.2. The molecule has 0 spiro atoms. The van der Waals surface area contributed by atoms with Gasteiger partial charge in [0.05, 0.1) is 11.3 Å². The monoisotopic (exact) mass is 265 g/mol. The second-order valence-electron chi connectivity index (χ2n) is 3.90. The number of halogens is 3. The zero-order valence-corrected chi connectivity index (χ0v) is 10.3. The lowest BCUT2D eigenvalue weighted by Crippen LogP contribution is -2.13. The van der Waals surface area contributed by atoms with E-state index in [1.54, 1.807) is 18.2 Å². The minimum Gasteiger partial charge on any atom is -0.262 e. The van der Waals surface area contributed by atoms with Gasteiger partial charge in [-0.15, -0.1) is 0 Å². The molecule has 0 radical (unpaired) electrons. The van der Waals surface area contributed by atoms with E-state index in [-0.39, 0.29) is 11.3 Å². The third kappa shape index (κ3) is 2.76. The highest BCUT2D eigenvalue weighted by molar-refractivity contribution is 5.46. The highest BCUT2D eigenvalue weighted by Crippen LogP contribution is 2.32. The fraction of sp³-hybridized carbons (Fsp3) is 0.231. The van der Waals surface area contributed by atoms with Crippen molar-refractivity contribution in [2.45, 2.75) is 13.1 Å². The van der Waals surface area contributed by atoms with Crippen LogP contribution >= 0.6 is 0 Å². The van der Waals surface area contributed by atoms with E-state index in [0.29, 0.717) is 5.69 Å². The topological polar surface area (TPSA) is 30.7 Å². The smallest absolute Gasteiger partial charge is 0.262 e. The molecule has 2 heterocycles. The van der Waals surface area contributed by atoms with Gasteiger partial charge in [-0.25, -0.2) is 4.98 Å². The lowest BCUT2D eigenvalue weighted by Gasteiger charge is -2.06. The molecule has 0 amide bonds. The molecule has 2 aromatic heterocycles. The van der Waals surface area contributed by atoms with Crippen LogP contribution in [0.25, 0.3) is 0 Å². The first-order valence-corrected chi connectivity index (χ1v) is 5.43. The fourth-order valence-electron chi connectivity index (χ4n) is 1.70. The molecule has 3 nitrogen and oxygen atoms in total. The van der Waals surface area contributed by atoms with E-state index in [1.165, 1.54) is 20.2 Å². The molecule has 0 fully saturated rings. The van der Waals surface area contributed by atoms with E-state index in [1.807, 2.05) is 0 Å². The van der Waals surface area contributed by atoms with Crippen molar-refractivity contribution in [2.75, 3.05) is 0 Å². The maximum Gasteiger partial charge on any atom is 0.434 e. The highest BCUT2D eigenvalue weighted by atomic mass is 19.4. The summed E-state index contributed by atoms with van der Waals surface area (Å²) in [5, 5.41) is 3.76. The number of pyridine rings is 1. The first kappa shape index (κ1) is 13.1. The van der Waals surface area contributed by atoms with Crippen LogP contribution in [0.5, 0.6) is 0 Å². The van der Waals surface area contributed by atoms with Crippen molar-refractivity contribution in [2.24, 2.45) is 7.05 Å². The summed E-state index contributed by atoms with van der Waals surface area (Å²) >= 11 is 0. The summed E-state index contributed by atoms with van der Waals surface area (Å²) in [6, 6.07) is 5.06. The molecule has 6 heteroatoms. The molecular formula is C13H10F3N3. The number of alkyl halides is 3. The first-order valence-electron chi connectivity index (χ1n) is 5.43. The molecule has 98 valence electrons. The number of aromatic nitrogens is 3. The Morgan fingerprint density at radius 1 is 1.21 bits per heavy atom. The molecule has 0 N–H and O–H groups in total. The number of nitrogens with zero attached hydrogens (tertiary/aromatic N) is 3. The van der Waals surface area contributed by atoms with Crippen molar-refractivity contribution in [3.8, 4) is 11.8 Å². The normalized spacial score (nSPS) is 11.0. The summed E-state index contributed by atoms with van der Waals surface area (Å²) in [5.74, 6) is 5.12. The van der Waals surface area contributed by atoms with Crippen molar-refractivity contribution >= 4 is 0 Å². The van der Waals surface area contributed by atoms with Gasteiger partial charge in [0.15, 0.2) is 5.69 Å². The maximum atomic E-state index is 12.9. The average molecular weight is 265 g/mol. The maximum absolute atomic E-state index is 12.9. The van der Waals surface area contributed by atoms with E-state index in [2.05, 4.69) is 21.9 Å². The SMILES string of the molecule is Cc1nn(C)c(C(F)(F)F)c1C#Cc1ccccn1. The molecule has 0 aromatic carbocycles. The minimum absolute atomic E-state index is 0.111. The van der Waals surface area contributed by atoms with Crippen LogP contribution in [-0.4, -0.2) is 14.8 Å². The van der Waals surface area contributed by atoms with Gasteiger partial charge in [-0.3, -0.25) is 4.68 Å². The van der Waals surface area contributed by atoms with Crippen molar-refractivity contribution in [1.82, 2.24) is 14.8 Å². The molecule has 0 aliphatic heterocycles. The van der Waals surface area contributed by atoms with Gasteiger partial charge in [0, 0.05) is 13.2 Å². The van der Waals surface area contributed by atoms with E-state index < -0.39 is 11.9 Å². The number of hydrogen-bond donors (Lipinski definition) is 0. The van der Waals surface area contributed by atoms with E-state index in [9.17, 15) is 13.2 Å². The Bertz CT molecular complexity index is 645. The van der Waals surface area contributed by atoms with Crippen LogP contribution in [0, 0.1) is 18.8 Å². The fourth-order valence-corrected chi connectivity index (χ4v) is 1.70. The van der Waals surface area contributed by atoms with Gasteiger partial charge < -0.3 is 0 Å². The first-order chi connectivity index (χ1) is 8.89. The van der Waals surface area contributed by atoms with Gasteiger partial charge in [0.1, 0.15) is 5.69 Å². The zero-order chi connectivity index (χ0) is 14.0. The summed E-state index contributed by atoms with van der Waals surface area (Å²) in [6.45, 7) is 1.50. The molecule has 0 aliphatic carbocycles. The van der Waals surface area contributed by atoms with Crippen LogP contribution in [0.2, 0.25) is 0 Å². The van der Waals surface area contributed by atoms with Gasteiger partial charge in [-0.05, 0) is 25.0 Å². The van der Waals surface area contributed by atoms with Gasteiger partial charge in [0.2, 0.25) is 0 Å². The Hall–Kier alpha value is -2.29.